The van der Waals surface area contributed by atoms with Gasteiger partial charge < -0.3 is 14.4 Å². The molecule has 0 N–H and O–H groups in total. The van der Waals surface area contributed by atoms with Gasteiger partial charge in [-0.1, -0.05) is 11.3 Å². The molecule has 2 aromatic rings. The molecule has 0 unspecified atom stereocenters. The molecule has 2 aliphatic heterocycles. The first-order valence-electron chi connectivity index (χ1n) is 9.72. The number of carbonyl (C=O) groups excluding carboxylic acids is 1. The van der Waals surface area contributed by atoms with Gasteiger partial charge in [-0.15, -0.1) is 5.10 Å². The Kier molecular flexibility index (Phi) is 5.82. The van der Waals surface area contributed by atoms with E-state index in [-0.39, 0.29) is 5.91 Å². The predicted octanol–water partition coefficient (Wildman–Crippen LogP) is 0.489. The third-order valence-corrected chi connectivity index (χ3v) is 5.23. The van der Waals surface area contributed by atoms with Crippen LogP contribution in [0.5, 0.6) is 5.88 Å². The number of nitrogens with zero attached hydrogens (tertiary/aromatic N) is 6. The summed E-state index contributed by atoms with van der Waals surface area (Å²) in [5, 5.41) is 8.61. The Morgan fingerprint density at radius 3 is 2.89 bits per heavy atom. The summed E-state index contributed by atoms with van der Waals surface area (Å²) in [6.45, 7) is 5.80. The minimum absolute atomic E-state index is 0.165. The lowest BCUT2D eigenvalue weighted by molar-refractivity contribution is -0.135. The van der Waals surface area contributed by atoms with E-state index in [1.165, 1.54) is 0 Å². The molecular formula is C19H26N6O3. The molecule has 0 bridgehead atoms. The van der Waals surface area contributed by atoms with E-state index in [2.05, 4.69) is 20.2 Å². The van der Waals surface area contributed by atoms with E-state index in [0.29, 0.717) is 45.0 Å². The summed E-state index contributed by atoms with van der Waals surface area (Å²) in [4.78, 5) is 21.1. The number of rotatable bonds is 6. The van der Waals surface area contributed by atoms with Crippen molar-refractivity contribution in [2.75, 3.05) is 40.0 Å². The number of ether oxygens (including phenoxy) is 2. The molecule has 150 valence electrons. The van der Waals surface area contributed by atoms with E-state index in [1.54, 1.807) is 7.11 Å². The van der Waals surface area contributed by atoms with Gasteiger partial charge in [0.2, 0.25) is 11.8 Å². The highest BCUT2D eigenvalue weighted by Crippen LogP contribution is 2.19. The molecule has 2 aromatic heterocycles. The number of morpholine rings is 1. The van der Waals surface area contributed by atoms with Crippen molar-refractivity contribution < 1.29 is 14.3 Å². The Balaban J connectivity index is 1.36. The highest BCUT2D eigenvalue weighted by atomic mass is 16.5. The molecule has 0 aliphatic carbocycles. The van der Waals surface area contributed by atoms with Crippen molar-refractivity contribution in [3.05, 3.63) is 35.3 Å². The molecule has 4 heterocycles. The lowest BCUT2D eigenvalue weighted by Gasteiger charge is -2.28. The van der Waals surface area contributed by atoms with Gasteiger partial charge in [-0.05, 0) is 6.07 Å². The van der Waals surface area contributed by atoms with Crippen molar-refractivity contribution in [1.82, 2.24) is 29.8 Å². The van der Waals surface area contributed by atoms with Crippen LogP contribution in [0.1, 0.15) is 23.5 Å². The number of hydrogen-bond acceptors (Lipinski definition) is 7. The van der Waals surface area contributed by atoms with Gasteiger partial charge in [0.1, 0.15) is 0 Å². The van der Waals surface area contributed by atoms with Gasteiger partial charge in [-0.3, -0.25) is 9.69 Å². The molecule has 9 nitrogen and oxygen atoms in total. The van der Waals surface area contributed by atoms with Crippen molar-refractivity contribution in [1.29, 1.82) is 0 Å². The van der Waals surface area contributed by atoms with Crippen LogP contribution in [-0.2, 0) is 35.6 Å². The predicted molar refractivity (Wildman–Crippen MR) is 101 cm³/mol. The molecule has 1 fully saturated rings. The fraction of sp³-hybridized carbons (Fsp3) is 0.579. The molecule has 1 saturated heterocycles. The molecule has 0 aromatic carbocycles. The zero-order valence-corrected chi connectivity index (χ0v) is 16.2. The van der Waals surface area contributed by atoms with E-state index < -0.39 is 0 Å². The average molecular weight is 386 g/mol. The Labute approximate surface area is 164 Å². The molecule has 0 saturated carbocycles. The van der Waals surface area contributed by atoms with Crippen LogP contribution in [0.3, 0.4) is 0 Å². The third kappa shape index (κ3) is 4.31. The van der Waals surface area contributed by atoms with E-state index in [4.69, 9.17) is 9.47 Å². The summed E-state index contributed by atoms with van der Waals surface area (Å²) in [6.07, 6.45) is 1.08. The van der Waals surface area contributed by atoms with Crippen LogP contribution < -0.4 is 4.74 Å². The summed E-state index contributed by atoms with van der Waals surface area (Å²) >= 11 is 0. The van der Waals surface area contributed by atoms with E-state index in [0.717, 1.165) is 43.3 Å². The number of aryl methyl sites for hydroxylation is 1. The average Bonchev–Trinajstić information content (AvgIpc) is 3.15. The number of fused-ring (bicyclic) bond motifs is 1. The molecule has 0 radical (unpaired) electrons. The summed E-state index contributed by atoms with van der Waals surface area (Å²) in [5.41, 5.74) is 3.00. The monoisotopic (exact) mass is 386 g/mol. The van der Waals surface area contributed by atoms with Gasteiger partial charge in [0, 0.05) is 51.6 Å². The second kappa shape index (κ2) is 8.66. The van der Waals surface area contributed by atoms with Gasteiger partial charge in [-0.25, -0.2) is 9.67 Å². The summed E-state index contributed by atoms with van der Waals surface area (Å²) < 4.78 is 12.5. The Morgan fingerprint density at radius 2 is 2.07 bits per heavy atom. The van der Waals surface area contributed by atoms with Crippen molar-refractivity contribution >= 4 is 5.91 Å². The fourth-order valence-corrected chi connectivity index (χ4v) is 3.66. The van der Waals surface area contributed by atoms with Crippen molar-refractivity contribution in [2.45, 2.75) is 32.5 Å². The maximum atomic E-state index is 12.4. The number of pyridine rings is 1. The first-order chi connectivity index (χ1) is 13.7. The van der Waals surface area contributed by atoms with Crippen molar-refractivity contribution in [3.8, 4) is 5.88 Å². The van der Waals surface area contributed by atoms with Crippen LogP contribution in [0.4, 0.5) is 0 Å². The van der Waals surface area contributed by atoms with Crippen LogP contribution in [0, 0.1) is 0 Å². The molecule has 9 heteroatoms. The first-order valence-corrected chi connectivity index (χ1v) is 9.72. The standard InChI is InChI=1S/C19H26N6O3/c1-27-18-4-2-3-15(20-18)13-23-7-8-25-17(14-23)16(21-22-25)5-6-19(26)24-9-11-28-12-10-24/h2-4H,5-14H2,1H3. The van der Waals surface area contributed by atoms with E-state index >= 15 is 0 Å². The van der Waals surface area contributed by atoms with E-state index in [1.807, 2.05) is 27.8 Å². The summed E-state index contributed by atoms with van der Waals surface area (Å²) in [7, 11) is 1.63. The maximum Gasteiger partial charge on any atom is 0.223 e. The SMILES string of the molecule is COc1cccc(CN2CCn3nnc(CCC(=O)N4CCOCC4)c3C2)n1. The molecule has 4 rings (SSSR count). The van der Waals surface area contributed by atoms with Gasteiger partial charge in [0.15, 0.2) is 0 Å². The van der Waals surface area contributed by atoms with Crippen molar-refractivity contribution in [3.63, 3.8) is 0 Å². The summed E-state index contributed by atoms with van der Waals surface area (Å²) in [5.74, 6) is 0.793. The normalized spacial score (nSPS) is 17.4. The highest BCUT2D eigenvalue weighted by molar-refractivity contribution is 5.76. The quantitative estimate of drug-likeness (QED) is 0.714. The number of hydrogen-bond donors (Lipinski definition) is 0. The van der Waals surface area contributed by atoms with E-state index in [9.17, 15) is 4.79 Å². The van der Waals surface area contributed by atoms with Crippen LogP contribution in [-0.4, -0.2) is 75.6 Å². The number of amides is 1. The second-order valence-corrected chi connectivity index (χ2v) is 7.08. The Bertz CT molecular complexity index is 818. The first kappa shape index (κ1) is 18.8. The number of carbonyl (C=O) groups is 1. The zero-order chi connectivity index (χ0) is 19.3. The molecular weight excluding hydrogens is 360 g/mol. The fourth-order valence-electron chi connectivity index (χ4n) is 3.66. The molecule has 2 aliphatic rings. The van der Waals surface area contributed by atoms with Crippen LogP contribution >= 0.6 is 0 Å². The topological polar surface area (TPSA) is 85.6 Å². The molecule has 0 atom stereocenters. The number of methoxy groups -OCH3 is 1. The van der Waals surface area contributed by atoms with Crippen LogP contribution in [0.15, 0.2) is 18.2 Å². The van der Waals surface area contributed by atoms with Gasteiger partial charge >= 0.3 is 0 Å². The molecule has 1 amide bonds. The largest absolute Gasteiger partial charge is 0.481 e. The Hall–Kier alpha value is -2.52. The highest BCUT2D eigenvalue weighted by Gasteiger charge is 2.23. The minimum Gasteiger partial charge on any atom is -0.481 e. The van der Waals surface area contributed by atoms with Gasteiger partial charge in [-0.2, -0.15) is 0 Å². The maximum absolute atomic E-state index is 12.4. The van der Waals surface area contributed by atoms with Gasteiger partial charge in [0.25, 0.3) is 0 Å². The molecule has 28 heavy (non-hydrogen) atoms. The van der Waals surface area contributed by atoms with Gasteiger partial charge in [0.05, 0.1) is 44.0 Å². The Morgan fingerprint density at radius 1 is 1.21 bits per heavy atom. The van der Waals surface area contributed by atoms with Crippen molar-refractivity contribution in [2.24, 2.45) is 0 Å². The van der Waals surface area contributed by atoms with Crippen LogP contribution in [0.25, 0.3) is 0 Å². The zero-order valence-electron chi connectivity index (χ0n) is 16.2. The lowest BCUT2D eigenvalue weighted by atomic mass is 10.1. The second-order valence-electron chi connectivity index (χ2n) is 7.08. The lowest BCUT2D eigenvalue weighted by Crippen LogP contribution is -2.40. The molecule has 0 spiro atoms. The third-order valence-electron chi connectivity index (χ3n) is 5.23. The summed E-state index contributed by atoms with van der Waals surface area (Å²) in [6, 6.07) is 5.82. The smallest absolute Gasteiger partial charge is 0.223 e. The number of aromatic nitrogens is 4. The van der Waals surface area contributed by atoms with Crippen LogP contribution in [0.2, 0.25) is 0 Å². The minimum atomic E-state index is 0.165.